The number of rotatable bonds is 30. The van der Waals surface area contributed by atoms with Crippen LogP contribution in [0.3, 0.4) is 0 Å². The molecule has 0 saturated carbocycles. The van der Waals surface area contributed by atoms with Crippen LogP contribution in [0.4, 0.5) is 0 Å². The van der Waals surface area contributed by atoms with Gasteiger partial charge >= 0.3 is 11.9 Å². The maximum Gasteiger partial charge on any atom is 0.306 e. The maximum atomic E-state index is 12.2. The number of carbonyl (C=O) groups is 2. The summed E-state index contributed by atoms with van der Waals surface area (Å²) in [6.45, 7) is 3.55. The van der Waals surface area contributed by atoms with Crippen molar-refractivity contribution in [3.63, 3.8) is 0 Å². The summed E-state index contributed by atoms with van der Waals surface area (Å²) in [6, 6.07) is 0. The first kappa shape index (κ1) is 39.0. The number of hydrogen-bond donors (Lipinski definition) is 1. The fourth-order valence-corrected chi connectivity index (χ4v) is 5.02. The van der Waals surface area contributed by atoms with Crippen LogP contribution in [0.1, 0.15) is 168 Å². The number of phosphoric acid groups is 1. The van der Waals surface area contributed by atoms with Crippen molar-refractivity contribution in [1.82, 2.24) is 0 Å². The summed E-state index contributed by atoms with van der Waals surface area (Å²) in [4.78, 5) is 44.2. The van der Waals surface area contributed by atoms with E-state index in [9.17, 15) is 19.0 Å². The average molecular weight is 592 g/mol. The largest absolute Gasteiger partial charge is 0.756 e. The lowest BCUT2D eigenvalue weighted by molar-refractivity contribution is -0.223. The van der Waals surface area contributed by atoms with Crippen LogP contribution in [0, 0.1) is 0 Å². The van der Waals surface area contributed by atoms with Gasteiger partial charge in [0.15, 0.2) is 6.10 Å². The Morgan fingerprint density at radius 2 is 0.950 bits per heavy atom. The summed E-state index contributed by atoms with van der Waals surface area (Å²) >= 11 is 0. The van der Waals surface area contributed by atoms with E-state index in [2.05, 4.69) is 18.4 Å². The number of ether oxygens (including phenoxy) is 2. The van der Waals surface area contributed by atoms with Gasteiger partial charge in [0, 0.05) is 12.8 Å². The van der Waals surface area contributed by atoms with Crippen molar-refractivity contribution in [1.29, 1.82) is 0 Å². The molecule has 0 rings (SSSR count). The molecule has 8 nitrogen and oxygen atoms in total. The van der Waals surface area contributed by atoms with E-state index in [1.165, 1.54) is 96.3 Å². The standard InChI is InChI=1S/C31H61O8P/c1-3-5-7-9-11-13-15-17-19-21-23-25-30(32)37-27-29(28-38-40(34,35)36)39-31(33)26-24-22-20-18-16-14-12-10-8-6-4-2/h29H,3-28H2,1-2H3,(H2,34,35,36)/p-1. The molecule has 9 heteroatoms. The molecule has 0 aliphatic rings. The van der Waals surface area contributed by atoms with Crippen LogP contribution in [-0.2, 0) is 28.2 Å². The van der Waals surface area contributed by atoms with Crippen molar-refractivity contribution in [3.05, 3.63) is 0 Å². The Hall–Kier alpha value is -0.950. The van der Waals surface area contributed by atoms with E-state index in [0.29, 0.717) is 6.42 Å². The van der Waals surface area contributed by atoms with Crippen LogP contribution in [0.15, 0.2) is 0 Å². The Balaban J connectivity index is 4.01. The van der Waals surface area contributed by atoms with Gasteiger partial charge in [0.1, 0.15) is 6.61 Å². The molecule has 0 aromatic rings. The minimum atomic E-state index is -4.98. The second kappa shape index (κ2) is 28.2. The summed E-state index contributed by atoms with van der Waals surface area (Å²) in [6.07, 6.45) is 25.2. The fraction of sp³-hybridized carbons (Fsp3) is 0.935. The minimum Gasteiger partial charge on any atom is -0.756 e. The second-order valence-corrected chi connectivity index (χ2v) is 12.3. The van der Waals surface area contributed by atoms with Gasteiger partial charge in [0.2, 0.25) is 0 Å². The first-order valence-electron chi connectivity index (χ1n) is 16.3. The van der Waals surface area contributed by atoms with E-state index >= 15 is 0 Å². The molecule has 1 N–H and O–H groups in total. The van der Waals surface area contributed by atoms with Gasteiger partial charge in [-0.1, -0.05) is 142 Å². The molecule has 2 unspecified atom stereocenters. The zero-order valence-corrected chi connectivity index (χ0v) is 26.6. The van der Waals surface area contributed by atoms with Gasteiger partial charge in [-0.25, -0.2) is 0 Å². The molecule has 0 heterocycles. The Labute approximate surface area is 244 Å². The topological polar surface area (TPSA) is 122 Å². The van der Waals surface area contributed by atoms with Crippen molar-refractivity contribution >= 4 is 19.8 Å². The highest BCUT2D eigenvalue weighted by molar-refractivity contribution is 7.44. The van der Waals surface area contributed by atoms with Crippen LogP contribution in [0.2, 0.25) is 0 Å². The first-order chi connectivity index (χ1) is 19.3. The van der Waals surface area contributed by atoms with E-state index in [0.717, 1.165) is 38.5 Å². The van der Waals surface area contributed by atoms with Crippen LogP contribution < -0.4 is 4.89 Å². The van der Waals surface area contributed by atoms with E-state index in [-0.39, 0.29) is 19.4 Å². The lowest BCUT2D eigenvalue weighted by Gasteiger charge is -2.21. The van der Waals surface area contributed by atoms with Crippen molar-refractivity contribution in [2.75, 3.05) is 13.2 Å². The van der Waals surface area contributed by atoms with Gasteiger partial charge in [-0.05, 0) is 12.8 Å². The molecule has 0 amide bonds. The molecule has 2 atom stereocenters. The predicted molar refractivity (Wildman–Crippen MR) is 159 cm³/mol. The molecule has 0 aliphatic heterocycles. The molecule has 0 spiro atoms. The van der Waals surface area contributed by atoms with Crippen LogP contribution >= 0.6 is 7.82 Å². The molecule has 0 radical (unpaired) electrons. The molecule has 0 saturated heterocycles. The SMILES string of the molecule is CCCCCCCCCCCCCC(=O)OCC(COP(=O)([O-])O)OC(=O)CCCCCCCCCCCCC. The predicted octanol–water partition coefficient (Wildman–Crippen LogP) is 8.32. The van der Waals surface area contributed by atoms with E-state index in [1.807, 2.05) is 0 Å². The lowest BCUT2D eigenvalue weighted by Crippen LogP contribution is -2.30. The molecule has 0 aromatic heterocycles. The third-order valence-corrected chi connectivity index (χ3v) is 7.60. The Bertz CT molecular complexity index is 637. The second-order valence-electron chi connectivity index (χ2n) is 11.1. The van der Waals surface area contributed by atoms with Gasteiger partial charge in [-0.3, -0.25) is 14.2 Å². The highest BCUT2D eigenvalue weighted by Crippen LogP contribution is 2.30. The summed E-state index contributed by atoms with van der Waals surface area (Å²) < 4.78 is 25.9. The average Bonchev–Trinajstić information content (AvgIpc) is 2.91. The van der Waals surface area contributed by atoms with Crippen LogP contribution in [0.5, 0.6) is 0 Å². The van der Waals surface area contributed by atoms with Crippen molar-refractivity contribution < 1.29 is 37.9 Å². The molecule has 0 aliphatic carbocycles. The zero-order valence-electron chi connectivity index (χ0n) is 25.7. The van der Waals surface area contributed by atoms with E-state index in [1.54, 1.807) is 0 Å². The molecular formula is C31H60O8P-. The van der Waals surface area contributed by atoms with E-state index < -0.39 is 32.5 Å². The number of carbonyl (C=O) groups excluding carboxylic acids is 2. The summed E-state index contributed by atoms with van der Waals surface area (Å²) in [5.41, 5.74) is 0. The molecule has 0 fully saturated rings. The summed E-state index contributed by atoms with van der Waals surface area (Å²) in [5, 5.41) is 0. The normalized spacial score (nSPS) is 13.6. The fourth-order valence-electron chi connectivity index (χ4n) is 4.66. The quantitative estimate of drug-likeness (QED) is 0.0502. The Morgan fingerprint density at radius 3 is 1.32 bits per heavy atom. The highest BCUT2D eigenvalue weighted by atomic mass is 31.2. The van der Waals surface area contributed by atoms with Crippen LogP contribution in [-0.4, -0.2) is 36.1 Å². The van der Waals surface area contributed by atoms with Gasteiger partial charge in [0.25, 0.3) is 7.82 Å². The first-order valence-corrected chi connectivity index (χ1v) is 17.8. The van der Waals surface area contributed by atoms with E-state index in [4.69, 9.17) is 14.4 Å². The minimum absolute atomic E-state index is 0.203. The van der Waals surface area contributed by atoms with Gasteiger partial charge in [-0.15, -0.1) is 0 Å². The van der Waals surface area contributed by atoms with Gasteiger partial charge in [-0.2, -0.15) is 0 Å². The molecule has 0 bridgehead atoms. The third-order valence-electron chi connectivity index (χ3n) is 7.12. The molecule has 40 heavy (non-hydrogen) atoms. The third kappa shape index (κ3) is 30.0. The van der Waals surface area contributed by atoms with Gasteiger partial charge in [0.05, 0.1) is 6.61 Å². The Morgan fingerprint density at radius 1 is 0.600 bits per heavy atom. The van der Waals surface area contributed by atoms with Crippen molar-refractivity contribution in [2.45, 2.75) is 174 Å². The molecule has 0 aromatic carbocycles. The van der Waals surface area contributed by atoms with Crippen molar-refractivity contribution in [3.8, 4) is 0 Å². The Kier molecular flexibility index (Phi) is 27.5. The van der Waals surface area contributed by atoms with Crippen molar-refractivity contribution in [2.24, 2.45) is 0 Å². The summed E-state index contributed by atoms with van der Waals surface area (Å²) in [7, 11) is -4.98. The lowest BCUT2D eigenvalue weighted by atomic mass is 10.1. The number of hydrogen-bond acceptors (Lipinski definition) is 7. The monoisotopic (exact) mass is 591 g/mol. The van der Waals surface area contributed by atoms with Crippen LogP contribution in [0.25, 0.3) is 0 Å². The molecule has 238 valence electrons. The smallest absolute Gasteiger partial charge is 0.306 e. The number of unbranched alkanes of at least 4 members (excludes halogenated alkanes) is 20. The number of esters is 2. The maximum absolute atomic E-state index is 12.2. The molecular weight excluding hydrogens is 531 g/mol. The number of phosphoric ester groups is 1. The highest BCUT2D eigenvalue weighted by Gasteiger charge is 2.19. The summed E-state index contributed by atoms with van der Waals surface area (Å²) in [5.74, 6) is -0.916. The zero-order chi connectivity index (χ0) is 29.7. The van der Waals surface area contributed by atoms with Gasteiger partial charge < -0.3 is 23.8 Å².